The molecule has 3 aliphatic rings. The maximum absolute atomic E-state index is 14.5. The first-order valence-corrected chi connectivity index (χ1v) is 17.0. The molecular weight excluding hydrogens is 616 g/mol. The van der Waals surface area contributed by atoms with Crippen molar-refractivity contribution in [3.05, 3.63) is 76.6 Å². The van der Waals surface area contributed by atoms with Crippen LogP contribution < -0.4 is 14.3 Å². The lowest BCUT2D eigenvalue weighted by Gasteiger charge is -2.42. The number of hydrogen-bond acceptors (Lipinski definition) is 8. The van der Waals surface area contributed by atoms with Crippen LogP contribution in [0.15, 0.2) is 54.9 Å². The van der Waals surface area contributed by atoms with Gasteiger partial charge in [-0.25, -0.2) is 9.78 Å². The third-order valence-electron chi connectivity index (χ3n) is 10.2. The van der Waals surface area contributed by atoms with Crippen molar-refractivity contribution in [2.45, 2.75) is 70.6 Å². The zero-order valence-electron chi connectivity index (χ0n) is 28.1. The Hall–Kier alpha value is -3.57. The SMILES string of the molecule is CC[C@@H](C)O[N@@+]1(c2cnc(N(C)CC3CCC(N4CC(=O)N(C)C4)CC3)cn2)C(=O)Cc2cc(OC)ccc2C1c1ccc(Cl)cc1. The summed E-state index contributed by atoms with van der Waals surface area (Å²) in [6, 6.07) is 13.4. The number of nitrogens with zero attached hydrogens (tertiary/aromatic N) is 6. The Labute approximate surface area is 282 Å². The number of methoxy groups -OCH3 is 1. The van der Waals surface area contributed by atoms with Gasteiger partial charge in [0.2, 0.25) is 5.91 Å². The van der Waals surface area contributed by atoms with Crippen LogP contribution in [0.25, 0.3) is 0 Å². The first-order chi connectivity index (χ1) is 22.6. The van der Waals surface area contributed by atoms with E-state index in [4.69, 9.17) is 31.1 Å². The van der Waals surface area contributed by atoms with Crippen molar-refractivity contribution in [1.29, 1.82) is 0 Å². The van der Waals surface area contributed by atoms with Gasteiger partial charge in [-0.3, -0.25) is 9.69 Å². The number of carbonyl (C=O) groups is 2. The number of anilines is 1. The molecule has 1 saturated carbocycles. The third-order valence-corrected chi connectivity index (χ3v) is 10.5. The molecule has 1 saturated heterocycles. The van der Waals surface area contributed by atoms with E-state index in [1.54, 1.807) is 19.5 Å². The lowest BCUT2D eigenvalue weighted by atomic mass is 9.85. The van der Waals surface area contributed by atoms with Gasteiger partial charge in [-0.15, -0.1) is 0 Å². The number of quaternary nitrogens is 1. The lowest BCUT2D eigenvalue weighted by Crippen LogP contribution is -2.61. The highest BCUT2D eigenvalue weighted by molar-refractivity contribution is 6.30. The van der Waals surface area contributed by atoms with Crippen LogP contribution in [0.1, 0.15) is 68.7 Å². The minimum Gasteiger partial charge on any atom is -0.497 e. The fraction of sp³-hybridized carbons (Fsp3) is 0.500. The van der Waals surface area contributed by atoms with Gasteiger partial charge in [0.05, 0.1) is 32.9 Å². The third kappa shape index (κ3) is 6.61. The molecule has 1 aliphatic carbocycles. The minimum atomic E-state index is -0.526. The summed E-state index contributed by atoms with van der Waals surface area (Å²) >= 11 is 6.32. The van der Waals surface area contributed by atoms with Gasteiger partial charge in [0.25, 0.3) is 5.82 Å². The van der Waals surface area contributed by atoms with Crippen LogP contribution in [0.3, 0.4) is 0 Å². The second kappa shape index (κ2) is 13.9. The minimum absolute atomic E-state index is 0.121. The number of hydroxylamine groups is 2. The van der Waals surface area contributed by atoms with Crippen LogP contribution in [0.5, 0.6) is 5.75 Å². The van der Waals surface area contributed by atoms with Crippen molar-refractivity contribution in [1.82, 2.24) is 24.4 Å². The molecule has 2 aliphatic heterocycles. The predicted molar refractivity (Wildman–Crippen MR) is 183 cm³/mol. The van der Waals surface area contributed by atoms with E-state index in [1.165, 1.54) is 0 Å². The number of fused-ring (bicyclic) bond motifs is 1. The van der Waals surface area contributed by atoms with Gasteiger partial charge in [0.1, 0.15) is 23.9 Å². The summed E-state index contributed by atoms with van der Waals surface area (Å²) in [5.74, 6) is 2.52. The molecule has 3 heterocycles. The Morgan fingerprint density at radius 1 is 1.06 bits per heavy atom. The van der Waals surface area contributed by atoms with E-state index in [9.17, 15) is 9.59 Å². The first kappa shape index (κ1) is 33.3. The fourth-order valence-corrected chi connectivity index (χ4v) is 7.50. The number of likely N-dealkylation sites (N-methyl/N-ethyl adjacent to an activating group) is 1. The Kier molecular flexibility index (Phi) is 9.85. The smallest absolute Gasteiger partial charge is 0.357 e. The molecule has 2 aromatic carbocycles. The number of hydrogen-bond donors (Lipinski definition) is 0. The van der Waals surface area contributed by atoms with Crippen LogP contribution in [-0.2, 0) is 20.8 Å². The van der Waals surface area contributed by atoms with E-state index in [0.29, 0.717) is 35.1 Å². The van der Waals surface area contributed by atoms with E-state index in [2.05, 4.69) is 16.8 Å². The van der Waals surface area contributed by atoms with Crippen LogP contribution in [0.4, 0.5) is 11.6 Å². The van der Waals surface area contributed by atoms with Crippen molar-refractivity contribution >= 4 is 35.1 Å². The van der Waals surface area contributed by atoms with Gasteiger partial charge < -0.3 is 14.5 Å². The highest BCUT2D eigenvalue weighted by Gasteiger charge is 2.56. The topological polar surface area (TPSA) is 88.1 Å². The normalized spacial score (nSPS) is 25.5. The molecular formula is C36H46ClN6O4+. The Bertz CT molecular complexity index is 1580. The van der Waals surface area contributed by atoms with Crippen molar-refractivity contribution in [2.75, 3.05) is 45.9 Å². The number of carbonyl (C=O) groups excluding carboxylic acids is 2. The molecule has 1 aromatic heterocycles. The zero-order chi connectivity index (χ0) is 33.3. The van der Waals surface area contributed by atoms with Gasteiger partial charge in [-0.05, 0) is 80.8 Å². The maximum atomic E-state index is 14.5. The molecule has 6 rings (SSSR count). The molecule has 0 bridgehead atoms. The summed E-state index contributed by atoms with van der Waals surface area (Å²) in [5.41, 5.74) is 2.76. The Morgan fingerprint density at radius 2 is 1.81 bits per heavy atom. The quantitative estimate of drug-likeness (QED) is 0.253. The predicted octanol–water partition coefficient (Wildman–Crippen LogP) is 5.77. The van der Waals surface area contributed by atoms with Crippen LogP contribution >= 0.6 is 11.6 Å². The molecule has 0 N–H and O–H groups in total. The van der Waals surface area contributed by atoms with E-state index < -0.39 is 10.7 Å². The average molecular weight is 662 g/mol. The van der Waals surface area contributed by atoms with Crippen molar-refractivity contribution in [2.24, 2.45) is 5.92 Å². The van der Waals surface area contributed by atoms with Crippen molar-refractivity contribution in [3.8, 4) is 5.75 Å². The van der Waals surface area contributed by atoms with Crippen molar-refractivity contribution in [3.63, 3.8) is 0 Å². The number of aromatic nitrogens is 2. The average Bonchev–Trinajstić information content (AvgIpc) is 3.42. The molecule has 250 valence electrons. The molecule has 0 radical (unpaired) electrons. The number of rotatable bonds is 10. The van der Waals surface area contributed by atoms with E-state index in [-0.39, 0.29) is 24.3 Å². The summed E-state index contributed by atoms with van der Waals surface area (Å²) in [7, 11) is 5.56. The summed E-state index contributed by atoms with van der Waals surface area (Å²) in [5, 5.41) is 0.617. The van der Waals surface area contributed by atoms with Crippen molar-refractivity contribution < 1.29 is 19.2 Å². The summed E-state index contributed by atoms with van der Waals surface area (Å²) < 4.78 is 5.08. The summed E-state index contributed by atoms with van der Waals surface area (Å²) in [6.07, 6.45) is 8.55. The maximum Gasteiger partial charge on any atom is 0.357 e. The molecule has 1 unspecified atom stereocenters. The van der Waals surface area contributed by atoms with E-state index in [1.807, 2.05) is 68.3 Å². The van der Waals surface area contributed by atoms with E-state index >= 15 is 0 Å². The highest BCUT2D eigenvalue weighted by Crippen LogP contribution is 2.46. The largest absolute Gasteiger partial charge is 0.497 e. The van der Waals surface area contributed by atoms with Gasteiger partial charge in [0.15, 0.2) is 6.04 Å². The lowest BCUT2D eigenvalue weighted by molar-refractivity contribution is -0.211. The molecule has 2 amide bonds. The van der Waals surface area contributed by atoms with Crippen LogP contribution in [-0.4, -0.2) is 84.7 Å². The Morgan fingerprint density at radius 3 is 2.43 bits per heavy atom. The number of halogens is 1. The summed E-state index contributed by atoms with van der Waals surface area (Å²) in [6.45, 7) is 6.17. The van der Waals surface area contributed by atoms with Gasteiger partial charge in [-0.1, -0.05) is 35.3 Å². The zero-order valence-corrected chi connectivity index (χ0v) is 28.8. The second-order valence-electron chi connectivity index (χ2n) is 13.3. The first-order valence-electron chi connectivity index (χ1n) is 16.7. The molecule has 11 heteroatoms. The number of benzene rings is 2. The monoisotopic (exact) mass is 661 g/mol. The molecule has 47 heavy (non-hydrogen) atoms. The molecule has 2 fully saturated rings. The molecule has 0 spiro atoms. The van der Waals surface area contributed by atoms with Gasteiger partial charge >= 0.3 is 5.91 Å². The second-order valence-corrected chi connectivity index (χ2v) is 13.8. The molecule has 3 atom stereocenters. The van der Waals surface area contributed by atoms with Gasteiger partial charge in [0, 0.05) is 42.8 Å². The van der Waals surface area contributed by atoms with Crippen LogP contribution in [0, 0.1) is 5.92 Å². The number of ether oxygens (including phenoxy) is 1. The van der Waals surface area contributed by atoms with E-state index in [0.717, 1.165) is 67.8 Å². The van der Waals surface area contributed by atoms with Gasteiger partial charge in [-0.2, -0.15) is 9.82 Å². The number of amides is 2. The fourth-order valence-electron chi connectivity index (χ4n) is 7.37. The van der Waals surface area contributed by atoms with Crippen LogP contribution in [0.2, 0.25) is 5.02 Å². The Balaban J connectivity index is 1.27. The summed E-state index contributed by atoms with van der Waals surface area (Å²) in [4.78, 5) is 49.4. The molecule has 3 aromatic rings. The molecule has 10 nitrogen and oxygen atoms in total. The highest BCUT2D eigenvalue weighted by atomic mass is 35.5. The standard InChI is InChI=1S/C36H46ClN6O4/c1-6-24(2)47-43(35(45)18-27-17-30(46-5)15-16-31(27)36(43)26-9-11-28(37)12-10-26)33-20-38-32(19-39-33)40(3)21-25-7-13-29(14-8-25)42-22-34(44)41(4)23-42/h9-12,15-17,19-20,24-25,29,36H,6-8,13-14,18,21-23H2,1-5H3/q+1/t24-,25?,29?,36?,43+/m1/s1.